The molecule has 1 saturated heterocycles. The zero-order valence-corrected chi connectivity index (χ0v) is 17.3. The maximum atomic E-state index is 12.3. The zero-order valence-electron chi connectivity index (χ0n) is 17.3. The molecule has 1 aliphatic carbocycles. The molecular formula is C21H27N5O4. The van der Waals surface area contributed by atoms with Crippen LogP contribution >= 0.6 is 0 Å². The van der Waals surface area contributed by atoms with Crippen molar-refractivity contribution < 1.29 is 19.1 Å². The van der Waals surface area contributed by atoms with E-state index in [0.717, 1.165) is 43.5 Å². The van der Waals surface area contributed by atoms with E-state index in [1.807, 2.05) is 19.1 Å². The Balaban J connectivity index is 1.26. The molecule has 2 aromatic rings. The van der Waals surface area contributed by atoms with Crippen LogP contribution < -0.4 is 10.1 Å². The van der Waals surface area contributed by atoms with Crippen LogP contribution in [-0.2, 0) is 16.0 Å². The Morgan fingerprint density at radius 1 is 1.30 bits per heavy atom. The maximum absolute atomic E-state index is 12.3. The van der Waals surface area contributed by atoms with Gasteiger partial charge in [0.1, 0.15) is 6.10 Å². The van der Waals surface area contributed by atoms with Crippen molar-refractivity contribution in [2.24, 2.45) is 0 Å². The number of carbonyl (C=O) groups excluding carboxylic acids is 2. The summed E-state index contributed by atoms with van der Waals surface area (Å²) in [4.78, 5) is 30.3. The van der Waals surface area contributed by atoms with E-state index in [1.165, 1.54) is 0 Å². The lowest BCUT2D eigenvalue weighted by Gasteiger charge is -2.38. The number of aromatic amines is 1. The lowest BCUT2D eigenvalue weighted by atomic mass is 10.0. The predicted octanol–water partition coefficient (Wildman–Crippen LogP) is 2.86. The van der Waals surface area contributed by atoms with E-state index < -0.39 is 0 Å². The number of carbonyl (C=O) groups is 2. The quantitative estimate of drug-likeness (QED) is 0.754. The molecule has 3 atom stereocenters. The highest BCUT2D eigenvalue weighted by atomic mass is 16.6. The maximum Gasteiger partial charge on any atom is 0.410 e. The van der Waals surface area contributed by atoms with E-state index in [0.29, 0.717) is 11.7 Å². The van der Waals surface area contributed by atoms with E-state index in [-0.39, 0.29) is 36.5 Å². The molecule has 2 N–H and O–H groups in total. The average Bonchev–Trinajstić information content (AvgIpc) is 3.36. The molecule has 1 saturated carbocycles. The van der Waals surface area contributed by atoms with Crippen LogP contribution in [0.4, 0.5) is 10.6 Å². The van der Waals surface area contributed by atoms with Gasteiger partial charge >= 0.3 is 6.09 Å². The first-order valence-electron chi connectivity index (χ1n) is 10.3. The summed E-state index contributed by atoms with van der Waals surface area (Å²) in [5.41, 5.74) is 1.74. The highest BCUT2D eigenvalue weighted by Crippen LogP contribution is 2.36. The molecule has 9 heteroatoms. The minimum absolute atomic E-state index is 0.0702. The third kappa shape index (κ3) is 4.55. The standard InChI is InChI=1S/C21H27N5O4/c1-13-7-8-26(13)21(28)30-16-5-4-15(10-16)17-11-18(25-24-17)23-19(27)9-14-3-6-20(29-2)22-12-14/h3,6,11-13,15-16H,4-5,7-10H2,1-2H3,(H2,23,24,25,27)/t13?,15-,16+/m0/s1. The van der Waals surface area contributed by atoms with Crippen LogP contribution in [0, 0.1) is 0 Å². The van der Waals surface area contributed by atoms with Crippen molar-refractivity contribution in [3.63, 3.8) is 0 Å². The molecule has 2 aromatic heterocycles. The number of rotatable bonds is 6. The second-order valence-electron chi connectivity index (χ2n) is 7.99. The van der Waals surface area contributed by atoms with E-state index in [2.05, 4.69) is 20.5 Å². The monoisotopic (exact) mass is 413 g/mol. The number of hydrogen-bond donors (Lipinski definition) is 2. The van der Waals surface area contributed by atoms with Crippen LogP contribution in [0.3, 0.4) is 0 Å². The van der Waals surface area contributed by atoms with Crippen molar-refractivity contribution in [1.82, 2.24) is 20.1 Å². The molecule has 0 aromatic carbocycles. The normalized spacial score (nSPS) is 23.0. The van der Waals surface area contributed by atoms with Crippen LogP contribution in [0.15, 0.2) is 24.4 Å². The first-order valence-corrected chi connectivity index (χ1v) is 10.3. The minimum atomic E-state index is -0.204. The zero-order chi connectivity index (χ0) is 21.1. The molecule has 1 unspecified atom stereocenters. The average molecular weight is 413 g/mol. The summed E-state index contributed by atoms with van der Waals surface area (Å²) < 4.78 is 10.7. The van der Waals surface area contributed by atoms with E-state index in [4.69, 9.17) is 9.47 Å². The molecule has 4 rings (SSSR count). The van der Waals surface area contributed by atoms with Gasteiger partial charge in [-0.05, 0) is 38.2 Å². The van der Waals surface area contributed by atoms with Gasteiger partial charge in [0.2, 0.25) is 11.8 Å². The summed E-state index contributed by atoms with van der Waals surface area (Å²) in [5.74, 6) is 1.07. The van der Waals surface area contributed by atoms with Crippen molar-refractivity contribution >= 4 is 17.8 Å². The van der Waals surface area contributed by atoms with Gasteiger partial charge in [-0.1, -0.05) is 6.07 Å². The lowest BCUT2D eigenvalue weighted by molar-refractivity contribution is -0.115. The Morgan fingerprint density at radius 2 is 2.17 bits per heavy atom. The number of nitrogens with one attached hydrogen (secondary N) is 2. The van der Waals surface area contributed by atoms with Crippen LogP contribution in [-0.4, -0.2) is 57.9 Å². The molecule has 30 heavy (non-hydrogen) atoms. The van der Waals surface area contributed by atoms with Gasteiger partial charge in [-0.15, -0.1) is 0 Å². The molecule has 3 heterocycles. The minimum Gasteiger partial charge on any atom is -0.481 e. The van der Waals surface area contributed by atoms with Crippen molar-refractivity contribution in [2.75, 3.05) is 19.0 Å². The van der Waals surface area contributed by atoms with Crippen LogP contribution in [0.25, 0.3) is 0 Å². The smallest absolute Gasteiger partial charge is 0.410 e. The number of ether oxygens (including phenoxy) is 2. The van der Waals surface area contributed by atoms with Gasteiger partial charge in [0, 0.05) is 42.5 Å². The second kappa shape index (κ2) is 8.73. The summed E-state index contributed by atoms with van der Waals surface area (Å²) in [6, 6.07) is 5.67. The lowest BCUT2D eigenvalue weighted by Crippen LogP contribution is -2.50. The molecule has 160 valence electrons. The first-order chi connectivity index (χ1) is 14.5. The Labute approximate surface area is 175 Å². The highest BCUT2D eigenvalue weighted by Gasteiger charge is 2.34. The van der Waals surface area contributed by atoms with Crippen LogP contribution in [0.1, 0.15) is 49.8 Å². The van der Waals surface area contributed by atoms with Crippen molar-refractivity contribution in [3.05, 3.63) is 35.7 Å². The number of amides is 2. The van der Waals surface area contributed by atoms with Gasteiger partial charge < -0.3 is 19.7 Å². The largest absolute Gasteiger partial charge is 0.481 e. The Morgan fingerprint density at radius 3 is 2.83 bits per heavy atom. The summed E-state index contributed by atoms with van der Waals surface area (Å²) in [6.07, 6.45) is 5.11. The van der Waals surface area contributed by atoms with Gasteiger partial charge in [0.15, 0.2) is 5.82 Å². The number of hydrogen-bond acceptors (Lipinski definition) is 6. The summed E-state index contributed by atoms with van der Waals surface area (Å²) >= 11 is 0. The Bertz CT molecular complexity index is 897. The van der Waals surface area contributed by atoms with Gasteiger partial charge in [-0.25, -0.2) is 9.78 Å². The predicted molar refractivity (Wildman–Crippen MR) is 109 cm³/mol. The molecule has 0 spiro atoms. The second-order valence-corrected chi connectivity index (χ2v) is 7.99. The van der Waals surface area contributed by atoms with E-state index >= 15 is 0 Å². The molecular weight excluding hydrogens is 386 g/mol. The third-order valence-electron chi connectivity index (χ3n) is 5.88. The topological polar surface area (TPSA) is 109 Å². The molecule has 0 bridgehead atoms. The Hall–Kier alpha value is -3.10. The number of anilines is 1. The molecule has 2 fully saturated rings. The number of nitrogens with zero attached hydrogens (tertiary/aromatic N) is 3. The number of methoxy groups -OCH3 is 1. The summed E-state index contributed by atoms with van der Waals surface area (Å²) in [6.45, 7) is 2.82. The highest BCUT2D eigenvalue weighted by molar-refractivity contribution is 5.91. The molecule has 2 amide bonds. The summed E-state index contributed by atoms with van der Waals surface area (Å²) in [5, 5.41) is 10.0. The summed E-state index contributed by atoms with van der Waals surface area (Å²) in [7, 11) is 1.55. The van der Waals surface area contributed by atoms with Crippen LogP contribution in [0.5, 0.6) is 5.88 Å². The van der Waals surface area contributed by atoms with Crippen LogP contribution in [0.2, 0.25) is 0 Å². The first kappa shape index (κ1) is 20.2. The fourth-order valence-electron chi connectivity index (χ4n) is 3.95. The number of pyridine rings is 1. The fourth-order valence-corrected chi connectivity index (χ4v) is 3.95. The van der Waals surface area contributed by atoms with Crippen molar-refractivity contribution in [1.29, 1.82) is 0 Å². The third-order valence-corrected chi connectivity index (χ3v) is 5.88. The molecule has 9 nitrogen and oxygen atoms in total. The van der Waals surface area contributed by atoms with Gasteiger partial charge in [0.25, 0.3) is 0 Å². The van der Waals surface area contributed by atoms with Crippen molar-refractivity contribution in [2.45, 2.75) is 57.1 Å². The molecule has 1 aliphatic heterocycles. The number of likely N-dealkylation sites (tertiary alicyclic amines) is 1. The molecule has 2 aliphatic rings. The molecule has 0 radical (unpaired) electrons. The van der Waals surface area contributed by atoms with Gasteiger partial charge in [-0.3, -0.25) is 9.89 Å². The van der Waals surface area contributed by atoms with E-state index in [1.54, 1.807) is 24.3 Å². The Kier molecular flexibility index (Phi) is 5.87. The van der Waals surface area contributed by atoms with Gasteiger partial charge in [0.05, 0.1) is 13.5 Å². The SMILES string of the molecule is COc1ccc(CC(=O)Nc2cc([C@H]3CC[C@@H](OC(=O)N4CCC4C)C3)[nH]n2)cn1. The van der Waals surface area contributed by atoms with E-state index in [9.17, 15) is 9.59 Å². The number of H-pyrrole nitrogens is 1. The number of aromatic nitrogens is 3. The fraction of sp³-hybridized carbons (Fsp3) is 0.524. The van der Waals surface area contributed by atoms with Gasteiger partial charge in [-0.2, -0.15) is 5.10 Å². The van der Waals surface area contributed by atoms with Crippen molar-refractivity contribution in [3.8, 4) is 5.88 Å².